The van der Waals surface area contributed by atoms with Gasteiger partial charge in [-0.1, -0.05) is 43.2 Å². The van der Waals surface area contributed by atoms with Crippen LogP contribution in [0.25, 0.3) is 16.6 Å². The number of nitro benzene ring substituents is 1. The van der Waals surface area contributed by atoms with E-state index in [9.17, 15) is 28.2 Å². The average molecular weight is 1010 g/mol. The molecule has 0 saturated carbocycles. The largest absolute Gasteiger partial charge is 0.476 e. The molecule has 0 radical (unpaired) electrons. The molecule has 0 atom stereocenters. The van der Waals surface area contributed by atoms with E-state index >= 15 is 0 Å². The number of nitrogens with zero attached hydrogens (tertiary/aromatic N) is 5. The molecule has 16 nitrogen and oxygen atoms in total. The smallest absolute Gasteiger partial charge is 0.293 e. The van der Waals surface area contributed by atoms with Crippen LogP contribution in [-0.4, -0.2) is 110 Å². The fourth-order valence-corrected chi connectivity index (χ4v) is 14.1. The number of H-pyrrole nitrogens is 1. The second kappa shape index (κ2) is 20.4. The van der Waals surface area contributed by atoms with Gasteiger partial charge in [0.1, 0.15) is 29.3 Å². The third-order valence-corrected chi connectivity index (χ3v) is 18.4. The number of halogens is 1. The van der Waals surface area contributed by atoms with Crippen LogP contribution in [0.4, 0.5) is 28.4 Å². The van der Waals surface area contributed by atoms with E-state index in [-0.39, 0.29) is 28.7 Å². The summed E-state index contributed by atoms with van der Waals surface area (Å²) in [6.45, 7) is 13.7. The number of carbonyl (C=O) groups excluding carboxylic acids is 1. The first-order valence-corrected chi connectivity index (χ1v) is 28.2. The molecule has 2 saturated heterocycles. The van der Waals surface area contributed by atoms with Crippen LogP contribution in [-0.2, 0) is 14.5 Å². The lowest BCUT2D eigenvalue weighted by atomic mass is 9.72. The maximum Gasteiger partial charge on any atom is 0.293 e. The van der Waals surface area contributed by atoms with Gasteiger partial charge in [0.2, 0.25) is 5.88 Å². The van der Waals surface area contributed by atoms with Crippen LogP contribution >= 0.6 is 19.3 Å². The van der Waals surface area contributed by atoms with Crippen LogP contribution in [0.5, 0.6) is 5.88 Å². The highest BCUT2D eigenvalue weighted by atomic mass is 35.5. The molecule has 0 bridgehead atoms. The minimum absolute atomic E-state index is 0.0735. The number of fused-ring (bicyclic) bond motifs is 2. The highest BCUT2D eigenvalue weighted by Gasteiger charge is 2.43. The number of sulfonamides is 1. The number of piperazine rings is 1. The summed E-state index contributed by atoms with van der Waals surface area (Å²) in [4.78, 5) is 51.4. The number of nitro groups is 1. The van der Waals surface area contributed by atoms with Gasteiger partial charge in [0, 0.05) is 74.2 Å². The Bertz CT molecular complexity index is 2900. The molecule has 3 aliphatic heterocycles. The lowest BCUT2D eigenvalue weighted by molar-refractivity contribution is -0.384. The van der Waals surface area contributed by atoms with Crippen molar-refractivity contribution < 1.29 is 32.3 Å². The summed E-state index contributed by atoms with van der Waals surface area (Å²) in [5.74, 6) is -0.361. The molecule has 5 heterocycles. The molecule has 2 aromatic heterocycles. The van der Waals surface area contributed by atoms with Crippen molar-refractivity contribution in [2.75, 3.05) is 79.9 Å². The van der Waals surface area contributed by atoms with Crippen LogP contribution in [0.2, 0.25) is 5.02 Å². The first kappa shape index (κ1) is 49.7. The van der Waals surface area contributed by atoms with Crippen LogP contribution in [0.3, 0.4) is 0 Å². The summed E-state index contributed by atoms with van der Waals surface area (Å²) in [5.41, 5.74) is 6.80. The Morgan fingerprint density at radius 1 is 1.03 bits per heavy atom. The normalized spacial score (nSPS) is 21.0. The minimum Gasteiger partial charge on any atom is -0.476 e. The topological polar surface area (TPSA) is 195 Å². The van der Waals surface area contributed by atoms with Gasteiger partial charge < -0.3 is 24.8 Å². The van der Waals surface area contributed by atoms with Gasteiger partial charge in [-0.05, 0) is 129 Å². The standard InChI is InChI=1S/C51H62ClN8O8PS/c1-34(2)68-69(64)26-16-35(17-27-69)32-54-44-13-11-41(30-46(44)60(62)63)70(65,66)56-49(61)42-12-10-40(29-45(42)59-20-5-25-67-50-47(59)28-37-15-19-53-48(37)55-50)58-23-21-57(22-24-58)33-38-14-18-51(3,4)31-43(38)36-6-8-39(52)9-7-36/h6-13,15,19,28-30,34-35,54,64H,5,14,16-18,20-27,31-33H2,1-4H3,(H-,53,55,56,61)/p+1. The number of ether oxygens (including phenoxy) is 1. The van der Waals surface area contributed by atoms with Crippen LogP contribution in [0.15, 0.2) is 89.5 Å². The predicted molar refractivity (Wildman–Crippen MR) is 278 cm³/mol. The third kappa shape index (κ3) is 11.2. The molecular weight excluding hydrogens is 951 g/mol. The molecule has 19 heteroatoms. The van der Waals surface area contributed by atoms with Crippen molar-refractivity contribution in [3.63, 3.8) is 0 Å². The number of amides is 1. The molecule has 3 aromatic carbocycles. The van der Waals surface area contributed by atoms with E-state index in [0.29, 0.717) is 74.2 Å². The molecule has 0 spiro atoms. The Morgan fingerprint density at radius 3 is 2.51 bits per heavy atom. The van der Waals surface area contributed by atoms with Gasteiger partial charge in [-0.3, -0.25) is 19.8 Å². The summed E-state index contributed by atoms with van der Waals surface area (Å²) < 4.78 is 42.3. The number of carbonyl (C=O) groups is 1. The fourth-order valence-electron chi connectivity index (χ4n) is 10.2. The van der Waals surface area contributed by atoms with Crippen LogP contribution in [0.1, 0.15) is 82.1 Å². The zero-order chi connectivity index (χ0) is 49.4. The molecule has 9 rings (SSSR count). The zero-order valence-electron chi connectivity index (χ0n) is 40.2. The zero-order valence-corrected chi connectivity index (χ0v) is 42.7. The van der Waals surface area contributed by atoms with Crippen molar-refractivity contribution in [3.8, 4) is 5.88 Å². The second-order valence-corrected chi connectivity index (χ2v) is 25.0. The summed E-state index contributed by atoms with van der Waals surface area (Å²) in [5, 5.41) is 17.1. The number of pyridine rings is 1. The average Bonchev–Trinajstić information content (AvgIpc) is 3.69. The van der Waals surface area contributed by atoms with Gasteiger partial charge in [0.25, 0.3) is 29.3 Å². The Kier molecular flexibility index (Phi) is 14.5. The van der Waals surface area contributed by atoms with Crippen LogP contribution in [0, 0.1) is 21.4 Å². The van der Waals surface area contributed by atoms with Gasteiger partial charge in [-0.2, -0.15) is 4.98 Å². The highest BCUT2D eigenvalue weighted by Crippen LogP contribution is 2.61. The molecule has 1 amide bonds. The Labute approximate surface area is 415 Å². The molecular formula is C51H63ClN8O8PS+. The van der Waals surface area contributed by atoms with Crippen molar-refractivity contribution in [2.24, 2.45) is 11.3 Å². The molecule has 1 aliphatic carbocycles. The van der Waals surface area contributed by atoms with Gasteiger partial charge in [-0.15, -0.1) is 0 Å². The summed E-state index contributed by atoms with van der Waals surface area (Å²) in [7, 11) is -7.07. The molecule has 4 N–H and O–H groups in total. The van der Waals surface area contributed by atoms with Crippen molar-refractivity contribution in [3.05, 3.63) is 111 Å². The van der Waals surface area contributed by atoms with Gasteiger partial charge in [-0.25, -0.2) is 22.6 Å². The van der Waals surface area contributed by atoms with E-state index in [1.807, 2.05) is 55.1 Å². The Hall–Kier alpha value is -5.29. The number of aromatic nitrogens is 2. The first-order chi connectivity index (χ1) is 33.4. The third-order valence-electron chi connectivity index (χ3n) is 14.0. The molecule has 0 unspecified atom stereocenters. The lowest BCUT2D eigenvalue weighted by Crippen LogP contribution is -2.47. The maximum absolute atomic E-state index is 14.5. The first-order valence-electron chi connectivity index (χ1n) is 24.3. The number of hydrogen-bond acceptors (Lipinski definition) is 13. The maximum atomic E-state index is 14.5. The molecule has 4 aliphatic rings. The van der Waals surface area contributed by atoms with E-state index < -0.39 is 39.2 Å². The van der Waals surface area contributed by atoms with Crippen LogP contribution < -0.4 is 24.6 Å². The quantitative estimate of drug-likeness (QED) is 0.0467. The Morgan fingerprint density at radius 2 is 1.79 bits per heavy atom. The van der Waals surface area contributed by atoms with E-state index in [0.717, 1.165) is 74.1 Å². The van der Waals surface area contributed by atoms with E-state index in [2.05, 4.69) is 50.8 Å². The number of aromatic amines is 1. The van der Waals surface area contributed by atoms with Crippen molar-refractivity contribution in [1.82, 2.24) is 19.6 Å². The monoisotopic (exact) mass is 1010 g/mol. The minimum atomic E-state index is -4.61. The van der Waals surface area contributed by atoms with E-state index in [1.165, 1.54) is 28.8 Å². The Balaban J connectivity index is 0.956. The van der Waals surface area contributed by atoms with E-state index in [4.69, 9.17) is 25.8 Å². The SMILES string of the molecule is CC(C)O[P+]1(O)CCC(CNc2ccc(S(=O)(=O)NC(=O)c3ccc(N4CCN(CC5=C(c6ccc(Cl)cc6)CC(C)(C)CC5)CC4)cc3N3CCCOc4nc5[nH]ccc5cc43)cc2[N+](=O)[O-])CC1. The number of anilines is 4. The summed E-state index contributed by atoms with van der Waals surface area (Å²) >= 11 is 6.28. The van der Waals surface area contributed by atoms with Gasteiger partial charge in [0.15, 0.2) is 0 Å². The molecule has 70 heavy (non-hydrogen) atoms. The van der Waals surface area contributed by atoms with Crippen molar-refractivity contribution in [2.45, 2.75) is 77.2 Å². The van der Waals surface area contributed by atoms with E-state index in [1.54, 1.807) is 12.3 Å². The van der Waals surface area contributed by atoms with Gasteiger partial charge in [0.05, 0.1) is 33.8 Å². The lowest BCUT2D eigenvalue weighted by Gasteiger charge is -2.39. The highest BCUT2D eigenvalue weighted by molar-refractivity contribution is 7.90. The van der Waals surface area contributed by atoms with Gasteiger partial charge >= 0.3 is 0 Å². The number of rotatable bonds is 14. The summed E-state index contributed by atoms with van der Waals surface area (Å²) in [6, 6.07) is 21.1. The number of nitrogens with one attached hydrogen (secondary N) is 3. The number of allylic oxidation sites excluding steroid dienone is 1. The van der Waals surface area contributed by atoms with Crippen molar-refractivity contribution >= 4 is 80.3 Å². The molecule has 5 aromatic rings. The number of benzene rings is 3. The predicted octanol–water partition coefficient (Wildman–Crippen LogP) is 10.0. The molecule has 2 fully saturated rings. The molecule has 372 valence electrons. The number of hydrogen-bond donors (Lipinski definition) is 4. The summed E-state index contributed by atoms with van der Waals surface area (Å²) in [6.07, 6.45) is 8.00. The second-order valence-electron chi connectivity index (χ2n) is 20.1. The fraction of sp³-hybridized carbons (Fsp3) is 0.451. The van der Waals surface area contributed by atoms with Crippen molar-refractivity contribution in [1.29, 1.82) is 0 Å².